The molecule has 19 heavy (non-hydrogen) atoms. The fourth-order valence-electron chi connectivity index (χ4n) is 1.88. The standard InChI is InChI=1S/C14H13N3OS/c1-9-3-5-11(6-4-9)12-8-19-14(15-12)17-13(18)7-10(2)16-17/h3-8,16H,1-2H3. The third-order valence-electron chi connectivity index (χ3n) is 2.88. The van der Waals surface area contributed by atoms with Gasteiger partial charge in [-0.3, -0.25) is 9.89 Å². The first-order valence-electron chi connectivity index (χ1n) is 5.95. The summed E-state index contributed by atoms with van der Waals surface area (Å²) in [5, 5.41) is 5.61. The summed E-state index contributed by atoms with van der Waals surface area (Å²) >= 11 is 1.45. The largest absolute Gasteiger partial charge is 0.293 e. The van der Waals surface area contributed by atoms with E-state index in [1.54, 1.807) is 6.07 Å². The van der Waals surface area contributed by atoms with Crippen molar-refractivity contribution in [3.63, 3.8) is 0 Å². The summed E-state index contributed by atoms with van der Waals surface area (Å²) in [6.45, 7) is 3.91. The molecule has 3 aromatic rings. The van der Waals surface area contributed by atoms with E-state index in [0.717, 1.165) is 17.0 Å². The van der Waals surface area contributed by atoms with Crippen LogP contribution in [-0.2, 0) is 0 Å². The highest BCUT2D eigenvalue weighted by Crippen LogP contribution is 2.23. The molecule has 0 radical (unpaired) electrons. The number of thiazole rings is 1. The Morgan fingerprint density at radius 2 is 1.95 bits per heavy atom. The summed E-state index contributed by atoms with van der Waals surface area (Å²) in [4.78, 5) is 16.2. The van der Waals surface area contributed by atoms with Gasteiger partial charge in [0.15, 0.2) is 0 Å². The molecule has 1 N–H and O–H groups in total. The Kier molecular flexibility index (Phi) is 2.83. The van der Waals surface area contributed by atoms with E-state index in [2.05, 4.69) is 29.1 Å². The van der Waals surface area contributed by atoms with Crippen LogP contribution in [0.1, 0.15) is 11.3 Å². The maximum absolute atomic E-state index is 11.7. The van der Waals surface area contributed by atoms with Gasteiger partial charge in [0, 0.05) is 22.7 Å². The van der Waals surface area contributed by atoms with Gasteiger partial charge in [0.05, 0.1) is 5.69 Å². The molecular weight excluding hydrogens is 258 g/mol. The Labute approximate surface area is 114 Å². The van der Waals surface area contributed by atoms with Gasteiger partial charge in [-0.05, 0) is 13.8 Å². The normalized spacial score (nSPS) is 10.8. The van der Waals surface area contributed by atoms with E-state index in [9.17, 15) is 4.79 Å². The minimum atomic E-state index is -0.0812. The lowest BCUT2D eigenvalue weighted by Crippen LogP contribution is -2.12. The van der Waals surface area contributed by atoms with E-state index in [1.165, 1.54) is 21.6 Å². The first kappa shape index (κ1) is 11.9. The van der Waals surface area contributed by atoms with Gasteiger partial charge in [-0.2, -0.15) is 4.68 Å². The molecule has 0 aliphatic carbocycles. The van der Waals surface area contributed by atoms with Crippen LogP contribution in [0.15, 0.2) is 40.5 Å². The molecular formula is C14H13N3OS. The summed E-state index contributed by atoms with van der Waals surface area (Å²) in [6.07, 6.45) is 0. The second kappa shape index (κ2) is 4.51. The number of aromatic amines is 1. The first-order valence-corrected chi connectivity index (χ1v) is 6.83. The van der Waals surface area contributed by atoms with Crippen LogP contribution in [-0.4, -0.2) is 14.8 Å². The number of hydrogen-bond acceptors (Lipinski definition) is 3. The molecule has 0 fully saturated rings. The number of aromatic nitrogens is 3. The highest BCUT2D eigenvalue weighted by molar-refractivity contribution is 7.12. The zero-order valence-electron chi connectivity index (χ0n) is 10.7. The van der Waals surface area contributed by atoms with Gasteiger partial charge >= 0.3 is 0 Å². The topological polar surface area (TPSA) is 50.7 Å². The number of hydrogen-bond donors (Lipinski definition) is 1. The molecule has 4 nitrogen and oxygen atoms in total. The number of nitrogens with one attached hydrogen (secondary N) is 1. The number of rotatable bonds is 2. The predicted molar refractivity (Wildman–Crippen MR) is 77.0 cm³/mol. The van der Waals surface area contributed by atoms with Crippen LogP contribution in [0.4, 0.5) is 0 Å². The summed E-state index contributed by atoms with van der Waals surface area (Å²) in [6, 6.07) is 9.75. The average molecular weight is 271 g/mol. The molecule has 0 saturated carbocycles. The minimum Gasteiger partial charge on any atom is -0.293 e. The van der Waals surface area contributed by atoms with E-state index in [4.69, 9.17) is 0 Å². The molecule has 3 rings (SSSR count). The molecule has 0 amide bonds. The van der Waals surface area contributed by atoms with Crippen molar-refractivity contribution < 1.29 is 0 Å². The van der Waals surface area contributed by atoms with Crippen LogP contribution in [0.5, 0.6) is 0 Å². The van der Waals surface area contributed by atoms with Gasteiger partial charge in [0.2, 0.25) is 5.13 Å². The number of H-pyrrole nitrogens is 1. The van der Waals surface area contributed by atoms with Crippen LogP contribution in [0, 0.1) is 13.8 Å². The lowest BCUT2D eigenvalue weighted by molar-refractivity contribution is 0.827. The van der Waals surface area contributed by atoms with Crippen molar-refractivity contribution in [1.82, 2.24) is 14.8 Å². The summed E-state index contributed by atoms with van der Waals surface area (Å²) in [5.41, 5.74) is 3.92. The summed E-state index contributed by atoms with van der Waals surface area (Å²) in [5.74, 6) is 0. The van der Waals surface area contributed by atoms with E-state index in [0.29, 0.717) is 5.13 Å². The Morgan fingerprint density at radius 3 is 2.58 bits per heavy atom. The molecule has 5 heteroatoms. The Bertz CT molecular complexity index is 765. The molecule has 1 aromatic carbocycles. The summed E-state index contributed by atoms with van der Waals surface area (Å²) < 4.78 is 1.47. The second-order valence-corrected chi connectivity index (χ2v) is 5.33. The Hall–Kier alpha value is -2.14. The molecule has 0 atom stereocenters. The zero-order valence-corrected chi connectivity index (χ0v) is 11.5. The van der Waals surface area contributed by atoms with Crippen molar-refractivity contribution in [2.75, 3.05) is 0 Å². The lowest BCUT2D eigenvalue weighted by atomic mass is 10.1. The highest BCUT2D eigenvalue weighted by Gasteiger charge is 2.09. The van der Waals surface area contributed by atoms with Crippen molar-refractivity contribution in [2.24, 2.45) is 0 Å². The average Bonchev–Trinajstić information content (AvgIpc) is 2.97. The van der Waals surface area contributed by atoms with Crippen LogP contribution in [0.3, 0.4) is 0 Å². The Morgan fingerprint density at radius 1 is 1.21 bits per heavy atom. The Balaban J connectivity index is 2.02. The fraction of sp³-hybridized carbons (Fsp3) is 0.143. The van der Waals surface area contributed by atoms with Crippen molar-refractivity contribution in [3.8, 4) is 16.4 Å². The molecule has 2 heterocycles. The lowest BCUT2D eigenvalue weighted by Gasteiger charge is -1.97. The van der Waals surface area contributed by atoms with Crippen molar-refractivity contribution in [3.05, 3.63) is 57.3 Å². The molecule has 0 bridgehead atoms. The van der Waals surface area contributed by atoms with Crippen LogP contribution in [0.2, 0.25) is 0 Å². The van der Waals surface area contributed by atoms with Crippen molar-refractivity contribution in [1.29, 1.82) is 0 Å². The van der Waals surface area contributed by atoms with E-state index in [1.807, 2.05) is 24.4 Å². The van der Waals surface area contributed by atoms with Crippen molar-refractivity contribution >= 4 is 11.3 Å². The zero-order chi connectivity index (χ0) is 13.4. The van der Waals surface area contributed by atoms with Gasteiger partial charge in [0.1, 0.15) is 0 Å². The van der Waals surface area contributed by atoms with Gasteiger partial charge < -0.3 is 0 Å². The SMILES string of the molecule is Cc1ccc(-c2csc(-n3[nH]c(C)cc3=O)n2)cc1. The highest BCUT2D eigenvalue weighted by atomic mass is 32.1. The molecule has 0 spiro atoms. The molecule has 0 aliphatic heterocycles. The van der Waals surface area contributed by atoms with Gasteiger partial charge in [0.25, 0.3) is 5.56 Å². The number of benzene rings is 1. The third-order valence-corrected chi connectivity index (χ3v) is 3.70. The van der Waals surface area contributed by atoms with Crippen LogP contribution >= 0.6 is 11.3 Å². The maximum Gasteiger partial charge on any atom is 0.273 e. The molecule has 0 unspecified atom stereocenters. The number of aryl methyl sites for hydroxylation is 2. The maximum atomic E-state index is 11.7. The quantitative estimate of drug-likeness (QED) is 0.779. The van der Waals surface area contributed by atoms with E-state index in [-0.39, 0.29) is 5.56 Å². The van der Waals surface area contributed by atoms with Gasteiger partial charge in [-0.15, -0.1) is 11.3 Å². The molecule has 2 aromatic heterocycles. The third kappa shape index (κ3) is 2.24. The first-order chi connectivity index (χ1) is 9.13. The van der Waals surface area contributed by atoms with Gasteiger partial charge in [-0.25, -0.2) is 4.98 Å². The molecule has 96 valence electrons. The smallest absolute Gasteiger partial charge is 0.273 e. The van der Waals surface area contributed by atoms with Crippen LogP contribution < -0.4 is 5.56 Å². The van der Waals surface area contributed by atoms with E-state index >= 15 is 0 Å². The fourth-order valence-corrected chi connectivity index (χ4v) is 2.68. The van der Waals surface area contributed by atoms with Crippen LogP contribution in [0.25, 0.3) is 16.4 Å². The van der Waals surface area contributed by atoms with E-state index < -0.39 is 0 Å². The molecule has 0 saturated heterocycles. The van der Waals surface area contributed by atoms with Gasteiger partial charge in [-0.1, -0.05) is 29.8 Å². The minimum absolute atomic E-state index is 0.0812. The molecule has 0 aliphatic rings. The second-order valence-electron chi connectivity index (χ2n) is 4.49. The number of nitrogens with zero attached hydrogens (tertiary/aromatic N) is 2. The van der Waals surface area contributed by atoms with Crippen molar-refractivity contribution in [2.45, 2.75) is 13.8 Å². The monoisotopic (exact) mass is 271 g/mol. The predicted octanol–water partition coefficient (Wildman–Crippen LogP) is 2.91. The summed E-state index contributed by atoms with van der Waals surface area (Å²) in [7, 11) is 0.